The van der Waals surface area contributed by atoms with Gasteiger partial charge in [-0.3, -0.25) is 4.79 Å². The molecule has 0 aromatic carbocycles. The maximum absolute atomic E-state index is 11.1. The van der Waals surface area contributed by atoms with Crippen LogP contribution in [0.1, 0.15) is 47.5 Å². The molecule has 0 saturated carbocycles. The molecule has 78 valence electrons. The van der Waals surface area contributed by atoms with Crippen molar-refractivity contribution >= 4 is 5.78 Å². The van der Waals surface area contributed by atoms with E-state index in [9.17, 15) is 4.79 Å². The summed E-state index contributed by atoms with van der Waals surface area (Å²) < 4.78 is 5.56. The van der Waals surface area contributed by atoms with Gasteiger partial charge in [-0.15, -0.1) is 0 Å². The highest BCUT2D eigenvalue weighted by molar-refractivity contribution is 5.78. The molecule has 2 heteroatoms. The Morgan fingerprint density at radius 1 is 1.38 bits per heavy atom. The molecule has 1 atom stereocenters. The highest BCUT2D eigenvalue weighted by atomic mass is 16.5. The van der Waals surface area contributed by atoms with Gasteiger partial charge in [0.15, 0.2) is 0 Å². The third-order valence-corrected chi connectivity index (χ3v) is 2.07. The van der Waals surface area contributed by atoms with Gasteiger partial charge in [-0.2, -0.15) is 0 Å². The Kier molecular flexibility index (Phi) is 5.23. The molecule has 0 aromatic heterocycles. The van der Waals surface area contributed by atoms with Crippen molar-refractivity contribution in [2.24, 2.45) is 5.92 Å². The largest absolute Gasteiger partial charge is 0.376 e. The summed E-state index contributed by atoms with van der Waals surface area (Å²) in [6, 6.07) is 0. The van der Waals surface area contributed by atoms with Crippen LogP contribution in [0.4, 0.5) is 0 Å². The molecule has 0 N–H and O–H groups in total. The number of carbonyl (C=O) groups excluding carboxylic acids is 1. The van der Waals surface area contributed by atoms with Crippen LogP contribution in [0.2, 0.25) is 0 Å². The third-order valence-electron chi connectivity index (χ3n) is 2.07. The van der Waals surface area contributed by atoms with E-state index in [1.54, 1.807) is 6.92 Å². The summed E-state index contributed by atoms with van der Waals surface area (Å²) >= 11 is 0. The van der Waals surface area contributed by atoms with Gasteiger partial charge in [0, 0.05) is 12.5 Å². The Bertz CT molecular complexity index is 156. The Hall–Kier alpha value is -0.370. The number of carbonyl (C=O) groups is 1. The van der Waals surface area contributed by atoms with Gasteiger partial charge >= 0.3 is 0 Å². The summed E-state index contributed by atoms with van der Waals surface area (Å²) in [5.41, 5.74) is -0.0882. The summed E-state index contributed by atoms with van der Waals surface area (Å²) in [4.78, 5) is 11.1. The minimum Gasteiger partial charge on any atom is -0.376 e. The molecule has 0 saturated heterocycles. The molecule has 0 aromatic rings. The number of ether oxygens (including phenoxy) is 1. The lowest BCUT2D eigenvalue weighted by Gasteiger charge is -2.21. The average molecular weight is 186 g/mol. The van der Waals surface area contributed by atoms with Crippen LogP contribution in [0.5, 0.6) is 0 Å². The van der Waals surface area contributed by atoms with Gasteiger partial charge in [0.1, 0.15) is 5.78 Å². The first kappa shape index (κ1) is 12.6. The number of hydrogen-bond donors (Lipinski definition) is 0. The molecule has 0 amide bonds. The first-order valence-electron chi connectivity index (χ1n) is 5.01. The fraction of sp³-hybridized carbons (Fsp3) is 0.909. The normalized spacial score (nSPS) is 14.2. The van der Waals surface area contributed by atoms with E-state index in [4.69, 9.17) is 4.74 Å². The summed E-state index contributed by atoms with van der Waals surface area (Å²) in [5, 5.41) is 0. The lowest BCUT2D eigenvalue weighted by molar-refractivity contribution is -0.122. The standard InChI is InChI=1S/C11H22O2/c1-6-10(9(2)12)7-8-13-11(3,4)5/h10H,6-8H2,1-5H3. The second kappa shape index (κ2) is 5.38. The van der Waals surface area contributed by atoms with E-state index in [1.165, 1.54) is 0 Å². The molecule has 0 aliphatic carbocycles. The summed E-state index contributed by atoms with van der Waals surface area (Å²) in [6.07, 6.45) is 1.77. The smallest absolute Gasteiger partial charge is 0.132 e. The van der Waals surface area contributed by atoms with E-state index < -0.39 is 0 Å². The highest BCUT2D eigenvalue weighted by Crippen LogP contribution is 2.13. The molecular weight excluding hydrogens is 164 g/mol. The van der Waals surface area contributed by atoms with Crippen LogP contribution in [-0.4, -0.2) is 18.0 Å². The molecular formula is C11H22O2. The zero-order valence-electron chi connectivity index (χ0n) is 9.52. The van der Waals surface area contributed by atoms with Gasteiger partial charge in [-0.05, 0) is 40.5 Å². The fourth-order valence-corrected chi connectivity index (χ4v) is 1.20. The zero-order chi connectivity index (χ0) is 10.5. The second-order valence-corrected chi connectivity index (χ2v) is 4.47. The van der Waals surface area contributed by atoms with Crippen molar-refractivity contribution in [2.45, 2.75) is 53.1 Å². The van der Waals surface area contributed by atoms with E-state index in [1.807, 2.05) is 27.7 Å². The summed E-state index contributed by atoms with van der Waals surface area (Å²) in [7, 11) is 0. The number of rotatable bonds is 5. The molecule has 0 fully saturated rings. The van der Waals surface area contributed by atoms with Crippen molar-refractivity contribution in [3.05, 3.63) is 0 Å². The maximum Gasteiger partial charge on any atom is 0.132 e. The van der Waals surface area contributed by atoms with E-state index >= 15 is 0 Å². The van der Waals surface area contributed by atoms with E-state index in [-0.39, 0.29) is 17.3 Å². The topological polar surface area (TPSA) is 26.3 Å². The van der Waals surface area contributed by atoms with Crippen LogP contribution < -0.4 is 0 Å². The van der Waals surface area contributed by atoms with Crippen molar-refractivity contribution in [1.29, 1.82) is 0 Å². The Balaban J connectivity index is 3.68. The van der Waals surface area contributed by atoms with Crippen molar-refractivity contribution < 1.29 is 9.53 Å². The first-order valence-corrected chi connectivity index (χ1v) is 5.01. The van der Waals surface area contributed by atoms with Gasteiger partial charge in [-0.25, -0.2) is 0 Å². The third kappa shape index (κ3) is 6.76. The van der Waals surface area contributed by atoms with Gasteiger partial charge in [0.05, 0.1) is 5.60 Å². The van der Waals surface area contributed by atoms with Crippen molar-refractivity contribution in [3.63, 3.8) is 0 Å². The molecule has 0 aliphatic rings. The highest BCUT2D eigenvalue weighted by Gasteiger charge is 2.14. The van der Waals surface area contributed by atoms with Crippen LogP contribution in [0.3, 0.4) is 0 Å². The second-order valence-electron chi connectivity index (χ2n) is 4.47. The van der Waals surface area contributed by atoms with Crippen LogP contribution in [0.25, 0.3) is 0 Å². The van der Waals surface area contributed by atoms with Crippen LogP contribution in [0.15, 0.2) is 0 Å². The molecule has 0 bridgehead atoms. The molecule has 0 heterocycles. The monoisotopic (exact) mass is 186 g/mol. The van der Waals surface area contributed by atoms with Gasteiger partial charge in [0.2, 0.25) is 0 Å². The van der Waals surface area contributed by atoms with E-state index in [2.05, 4.69) is 0 Å². The van der Waals surface area contributed by atoms with Crippen molar-refractivity contribution in [2.75, 3.05) is 6.61 Å². The molecule has 13 heavy (non-hydrogen) atoms. The number of Topliss-reactive ketones (excluding diaryl/α,β-unsaturated/α-hetero) is 1. The van der Waals surface area contributed by atoms with Crippen LogP contribution >= 0.6 is 0 Å². The van der Waals surface area contributed by atoms with E-state index in [0.717, 1.165) is 12.8 Å². The van der Waals surface area contributed by atoms with Crippen molar-refractivity contribution in [3.8, 4) is 0 Å². The predicted molar refractivity (Wildman–Crippen MR) is 54.8 cm³/mol. The zero-order valence-corrected chi connectivity index (χ0v) is 9.52. The lowest BCUT2D eigenvalue weighted by Crippen LogP contribution is -2.22. The van der Waals surface area contributed by atoms with Gasteiger partial charge in [0.25, 0.3) is 0 Å². The maximum atomic E-state index is 11.1. The molecule has 0 radical (unpaired) electrons. The number of ketones is 1. The molecule has 1 unspecified atom stereocenters. The minimum absolute atomic E-state index is 0.0882. The van der Waals surface area contributed by atoms with Crippen LogP contribution in [-0.2, 0) is 9.53 Å². The molecule has 0 spiro atoms. The quantitative estimate of drug-likeness (QED) is 0.660. The molecule has 0 aliphatic heterocycles. The Morgan fingerprint density at radius 2 is 1.92 bits per heavy atom. The fourth-order valence-electron chi connectivity index (χ4n) is 1.20. The predicted octanol–water partition coefficient (Wildman–Crippen LogP) is 2.81. The SMILES string of the molecule is CCC(CCOC(C)(C)C)C(C)=O. The summed E-state index contributed by atoms with van der Waals surface area (Å²) in [5.74, 6) is 0.461. The molecule has 2 nitrogen and oxygen atoms in total. The van der Waals surface area contributed by atoms with Gasteiger partial charge in [-0.1, -0.05) is 6.92 Å². The lowest BCUT2D eigenvalue weighted by atomic mass is 9.99. The van der Waals surface area contributed by atoms with Gasteiger partial charge < -0.3 is 4.74 Å². The Morgan fingerprint density at radius 3 is 2.23 bits per heavy atom. The Labute approximate surface area is 81.7 Å². The first-order chi connectivity index (χ1) is 5.87. The van der Waals surface area contributed by atoms with Crippen LogP contribution in [0, 0.1) is 5.92 Å². The van der Waals surface area contributed by atoms with E-state index in [0.29, 0.717) is 6.61 Å². The summed E-state index contributed by atoms with van der Waals surface area (Å²) in [6.45, 7) is 10.5. The molecule has 0 rings (SSSR count). The average Bonchev–Trinajstić information content (AvgIpc) is 1.95. The van der Waals surface area contributed by atoms with Crippen molar-refractivity contribution in [1.82, 2.24) is 0 Å². The number of hydrogen-bond acceptors (Lipinski definition) is 2. The minimum atomic E-state index is -0.0882.